The van der Waals surface area contributed by atoms with Crippen LogP contribution in [-0.2, 0) is 6.54 Å². The van der Waals surface area contributed by atoms with E-state index in [2.05, 4.69) is 10.4 Å². The Morgan fingerprint density at radius 2 is 2.14 bits per heavy atom. The molecule has 22 heavy (non-hydrogen) atoms. The molecule has 3 rings (SSSR count). The fraction of sp³-hybridized carbons (Fsp3) is 0.143. The Bertz CT molecular complexity index is 851. The quantitative estimate of drug-likeness (QED) is 0.665. The first-order chi connectivity index (χ1) is 10.7. The zero-order valence-electron chi connectivity index (χ0n) is 11.7. The third-order valence-corrected chi connectivity index (χ3v) is 3.88. The highest BCUT2D eigenvalue weighted by Gasteiger charge is 2.14. The molecule has 0 spiro atoms. The highest BCUT2D eigenvalue weighted by atomic mass is 32.1. The van der Waals surface area contributed by atoms with Gasteiger partial charge in [0.15, 0.2) is 5.78 Å². The lowest BCUT2D eigenvalue weighted by atomic mass is 10.1. The molecule has 0 fully saturated rings. The van der Waals surface area contributed by atoms with Crippen LogP contribution >= 0.6 is 11.3 Å². The van der Waals surface area contributed by atoms with Crippen molar-refractivity contribution in [2.45, 2.75) is 6.54 Å². The lowest BCUT2D eigenvalue weighted by Gasteiger charge is -2.03. The Balaban J connectivity index is 1.84. The van der Waals surface area contributed by atoms with Gasteiger partial charge in [0.1, 0.15) is 17.3 Å². The van der Waals surface area contributed by atoms with Crippen LogP contribution in [0, 0.1) is 0 Å². The van der Waals surface area contributed by atoms with Gasteiger partial charge in [-0.1, -0.05) is 12.1 Å². The zero-order chi connectivity index (χ0) is 15.5. The van der Waals surface area contributed by atoms with Crippen LogP contribution in [0.25, 0.3) is 5.00 Å². The van der Waals surface area contributed by atoms with E-state index in [4.69, 9.17) is 4.74 Å². The molecule has 0 atom stereocenters. The fourth-order valence-corrected chi connectivity index (χ4v) is 2.59. The number of methoxy groups -OCH3 is 1. The van der Waals surface area contributed by atoms with Gasteiger partial charge in [0.2, 0.25) is 0 Å². The largest absolute Gasteiger partial charge is 0.497 e. The number of rotatable bonds is 5. The summed E-state index contributed by atoms with van der Waals surface area (Å²) in [5, 5.41) is 10.0. The molecular weight excluding hydrogens is 304 g/mol. The van der Waals surface area contributed by atoms with Gasteiger partial charge in [-0.25, -0.2) is 4.79 Å². The summed E-state index contributed by atoms with van der Waals surface area (Å²) in [6.07, 6.45) is 0. The van der Waals surface area contributed by atoms with Gasteiger partial charge in [0, 0.05) is 5.56 Å². The summed E-state index contributed by atoms with van der Waals surface area (Å²) in [5.74, 6) is 0.347. The SMILES string of the molecule is COc1cccc(C(=O)Cn2nnn(-c3cccs3)c2=O)c1. The Labute approximate surface area is 129 Å². The lowest BCUT2D eigenvalue weighted by Crippen LogP contribution is -2.27. The van der Waals surface area contributed by atoms with Crippen molar-refractivity contribution >= 4 is 17.1 Å². The zero-order valence-corrected chi connectivity index (χ0v) is 12.5. The van der Waals surface area contributed by atoms with Crippen molar-refractivity contribution in [3.05, 3.63) is 57.8 Å². The van der Waals surface area contributed by atoms with Crippen LogP contribution in [0.5, 0.6) is 5.75 Å². The number of ether oxygens (including phenoxy) is 1. The molecule has 0 amide bonds. The topological polar surface area (TPSA) is 79.0 Å². The van der Waals surface area contributed by atoms with Gasteiger partial charge < -0.3 is 4.74 Å². The van der Waals surface area contributed by atoms with Gasteiger partial charge in [-0.3, -0.25) is 4.79 Å². The van der Waals surface area contributed by atoms with E-state index in [0.29, 0.717) is 16.3 Å². The second-order valence-electron chi connectivity index (χ2n) is 4.44. The summed E-state index contributed by atoms with van der Waals surface area (Å²) in [4.78, 5) is 24.4. The molecule has 0 aliphatic heterocycles. The maximum Gasteiger partial charge on any atom is 0.369 e. The van der Waals surface area contributed by atoms with E-state index in [1.807, 2.05) is 11.4 Å². The third kappa shape index (κ3) is 2.68. The van der Waals surface area contributed by atoms with E-state index in [9.17, 15) is 9.59 Å². The maximum atomic E-state index is 12.2. The second-order valence-corrected chi connectivity index (χ2v) is 5.36. The van der Waals surface area contributed by atoms with Crippen LogP contribution in [0.2, 0.25) is 0 Å². The first kappa shape index (κ1) is 14.2. The smallest absolute Gasteiger partial charge is 0.369 e. The van der Waals surface area contributed by atoms with E-state index < -0.39 is 5.69 Å². The number of benzene rings is 1. The van der Waals surface area contributed by atoms with E-state index in [1.54, 1.807) is 30.3 Å². The van der Waals surface area contributed by atoms with Crippen LogP contribution in [0.4, 0.5) is 0 Å². The van der Waals surface area contributed by atoms with E-state index in [0.717, 1.165) is 4.68 Å². The van der Waals surface area contributed by atoms with Gasteiger partial charge >= 0.3 is 5.69 Å². The van der Waals surface area contributed by atoms with Crippen LogP contribution < -0.4 is 10.4 Å². The molecule has 1 aromatic carbocycles. The molecule has 0 N–H and O–H groups in total. The molecule has 3 aromatic rings. The minimum absolute atomic E-state index is 0.169. The summed E-state index contributed by atoms with van der Waals surface area (Å²) in [6, 6.07) is 10.3. The Hall–Kier alpha value is -2.74. The summed E-state index contributed by atoms with van der Waals surface area (Å²) < 4.78 is 7.29. The van der Waals surface area contributed by atoms with Gasteiger partial charge in [-0.2, -0.15) is 9.36 Å². The number of Topliss-reactive ketones (excluding diaryl/α,β-unsaturated/α-hetero) is 1. The molecule has 7 nitrogen and oxygen atoms in total. The predicted octanol–water partition coefficient (Wildman–Crippen LogP) is 1.38. The van der Waals surface area contributed by atoms with Crippen molar-refractivity contribution in [1.29, 1.82) is 0 Å². The highest BCUT2D eigenvalue weighted by Crippen LogP contribution is 2.13. The van der Waals surface area contributed by atoms with Crippen LogP contribution in [0.1, 0.15) is 10.4 Å². The van der Waals surface area contributed by atoms with Gasteiger partial charge in [0.05, 0.1) is 7.11 Å². The molecule has 112 valence electrons. The molecule has 0 radical (unpaired) electrons. The number of ketones is 1. The Kier molecular flexibility index (Phi) is 3.84. The number of hydrogen-bond donors (Lipinski definition) is 0. The van der Waals surface area contributed by atoms with E-state index in [-0.39, 0.29) is 12.3 Å². The van der Waals surface area contributed by atoms with Crippen molar-refractivity contribution in [2.75, 3.05) is 7.11 Å². The average molecular weight is 316 g/mol. The minimum atomic E-state index is -0.446. The highest BCUT2D eigenvalue weighted by molar-refractivity contribution is 7.12. The fourth-order valence-electron chi connectivity index (χ4n) is 1.93. The first-order valence-corrected chi connectivity index (χ1v) is 7.31. The number of hydrogen-bond acceptors (Lipinski definition) is 6. The molecule has 0 aliphatic carbocycles. The van der Waals surface area contributed by atoms with Crippen molar-refractivity contribution in [3.8, 4) is 10.8 Å². The Morgan fingerprint density at radius 3 is 2.86 bits per heavy atom. The average Bonchev–Trinajstić information content (AvgIpc) is 3.18. The monoisotopic (exact) mass is 316 g/mol. The molecule has 0 bridgehead atoms. The van der Waals surface area contributed by atoms with Gasteiger partial charge in [-0.15, -0.1) is 11.3 Å². The van der Waals surface area contributed by atoms with Crippen molar-refractivity contribution in [1.82, 2.24) is 19.8 Å². The maximum absolute atomic E-state index is 12.2. The van der Waals surface area contributed by atoms with Crippen LogP contribution in [0.3, 0.4) is 0 Å². The summed E-state index contributed by atoms with van der Waals surface area (Å²) >= 11 is 1.37. The number of carbonyl (C=O) groups is 1. The minimum Gasteiger partial charge on any atom is -0.497 e. The second kappa shape index (κ2) is 5.94. The molecule has 2 aromatic heterocycles. The van der Waals surface area contributed by atoms with Crippen molar-refractivity contribution < 1.29 is 9.53 Å². The van der Waals surface area contributed by atoms with Crippen molar-refractivity contribution in [2.24, 2.45) is 0 Å². The number of aromatic nitrogens is 4. The first-order valence-electron chi connectivity index (χ1n) is 6.43. The molecular formula is C14H12N4O3S. The predicted molar refractivity (Wildman–Crippen MR) is 80.8 cm³/mol. The lowest BCUT2D eigenvalue weighted by molar-refractivity contribution is 0.0965. The normalized spacial score (nSPS) is 10.6. The number of thiophene rings is 1. The van der Waals surface area contributed by atoms with Crippen molar-refractivity contribution in [3.63, 3.8) is 0 Å². The Morgan fingerprint density at radius 1 is 1.27 bits per heavy atom. The standard InChI is InChI=1S/C14H12N4O3S/c1-21-11-5-2-4-10(8-11)12(19)9-17-14(20)18(16-15-17)13-6-3-7-22-13/h2-8H,9H2,1H3. The summed E-state index contributed by atoms with van der Waals surface area (Å²) in [5.41, 5.74) is 0.00983. The van der Waals surface area contributed by atoms with Gasteiger partial charge in [0.25, 0.3) is 0 Å². The molecule has 0 saturated heterocycles. The van der Waals surface area contributed by atoms with Crippen LogP contribution in [-0.4, -0.2) is 32.7 Å². The van der Waals surface area contributed by atoms with Gasteiger partial charge in [-0.05, 0) is 40.1 Å². The number of nitrogens with zero attached hydrogens (tertiary/aromatic N) is 4. The number of carbonyl (C=O) groups excluding carboxylic acids is 1. The summed E-state index contributed by atoms with van der Waals surface area (Å²) in [7, 11) is 1.53. The van der Waals surface area contributed by atoms with Crippen LogP contribution in [0.15, 0.2) is 46.6 Å². The number of tetrazole rings is 1. The third-order valence-electron chi connectivity index (χ3n) is 3.04. The molecule has 0 aliphatic rings. The van der Waals surface area contributed by atoms with E-state index in [1.165, 1.54) is 23.1 Å². The summed E-state index contributed by atoms with van der Waals surface area (Å²) in [6.45, 7) is -0.169. The molecule has 0 saturated carbocycles. The molecule has 8 heteroatoms. The van der Waals surface area contributed by atoms with E-state index >= 15 is 0 Å². The molecule has 0 unspecified atom stereocenters. The molecule has 2 heterocycles.